The van der Waals surface area contributed by atoms with Gasteiger partial charge in [-0.2, -0.15) is 0 Å². The van der Waals surface area contributed by atoms with Crippen molar-refractivity contribution in [1.82, 2.24) is 5.32 Å². The van der Waals surface area contributed by atoms with Crippen molar-refractivity contribution < 1.29 is 31.4 Å². The fourth-order valence-corrected chi connectivity index (χ4v) is 2.99. The molecule has 0 bridgehead atoms. The number of alkyl halides is 3. The molecular formula is C19H18F5NO2. The van der Waals surface area contributed by atoms with Gasteiger partial charge in [-0.05, 0) is 67.2 Å². The Morgan fingerprint density at radius 2 is 1.56 bits per heavy atom. The van der Waals surface area contributed by atoms with Crippen molar-refractivity contribution >= 4 is 0 Å². The Morgan fingerprint density at radius 3 is 2.19 bits per heavy atom. The summed E-state index contributed by atoms with van der Waals surface area (Å²) in [5, 5.41) is 3.20. The summed E-state index contributed by atoms with van der Waals surface area (Å²) in [5.74, 6) is -1.96. The van der Waals surface area contributed by atoms with Crippen molar-refractivity contribution in [2.75, 3.05) is 19.7 Å². The normalized spacial score (nSPS) is 15.6. The van der Waals surface area contributed by atoms with Crippen LogP contribution < -0.4 is 14.8 Å². The highest BCUT2D eigenvalue weighted by Gasteiger charge is 2.32. The Bertz CT molecular complexity index is 768. The number of benzene rings is 2. The Hall–Kier alpha value is -2.35. The number of nitrogens with one attached hydrogen (secondary N) is 1. The van der Waals surface area contributed by atoms with Crippen LogP contribution in [-0.2, 0) is 0 Å². The molecule has 0 unspecified atom stereocenters. The van der Waals surface area contributed by atoms with Crippen LogP contribution in [0.2, 0.25) is 0 Å². The number of piperidine rings is 1. The van der Waals surface area contributed by atoms with Gasteiger partial charge in [0, 0.05) is 6.07 Å². The summed E-state index contributed by atoms with van der Waals surface area (Å²) in [6.45, 7) is 1.88. The van der Waals surface area contributed by atoms with Gasteiger partial charge in [0.1, 0.15) is 11.6 Å². The first-order valence-corrected chi connectivity index (χ1v) is 8.50. The number of rotatable bonds is 5. The van der Waals surface area contributed by atoms with Gasteiger partial charge in [0.15, 0.2) is 11.5 Å². The molecule has 0 spiro atoms. The lowest BCUT2D eigenvalue weighted by atomic mass is 9.99. The van der Waals surface area contributed by atoms with Gasteiger partial charge in [-0.3, -0.25) is 0 Å². The molecule has 0 saturated carbocycles. The first-order chi connectivity index (χ1) is 12.8. The summed E-state index contributed by atoms with van der Waals surface area (Å²) < 4.78 is 74.5. The zero-order valence-electron chi connectivity index (χ0n) is 14.3. The average molecular weight is 387 g/mol. The van der Waals surface area contributed by atoms with Crippen molar-refractivity contribution in [2.24, 2.45) is 5.92 Å². The van der Waals surface area contributed by atoms with Crippen LogP contribution >= 0.6 is 0 Å². The second kappa shape index (κ2) is 8.12. The molecule has 0 aromatic heterocycles. The van der Waals surface area contributed by atoms with Crippen LogP contribution in [0.3, 0.4) is 0 Å². The lowest BCUT2D eigenvalue weighted by Gasteiger charge is -2.23. The predicted molar refractivity (Wildman–Crippen MR) is 89.6 cm³/mol. The van der Waals surface area contributed by atoms with E-state index in [4.69, 9.17) is 4.74 Å². The topological polar surface area (TPSA) is 30.5 Å². The highest BCUT2D eigenvalue weighted by atomic mass is 19.4. The van der Waals surface area contributed by atoms with Gasteiger partial charge in [-0.25, -0.2) is 8.78 Å². The minimum absolute atomic E-state index is 0.118. The van der Waals surface area contributed by atoms with E-state index in [1.54, 1.807) is 0 Å². The molecule has 27 heavy (non-hydrogen) atoms. The van der Waals surface area contributed by atoms with Crippen LogP contribution in [-0.4, -0.2) is 26.1 Å². The molecule has 1 heterocycles. The molecule has 2 aromatic rings. The van der Waals surface area contributed by atoms with Crippen molar-refractivity contribution in [2.45, 2.75) is 19.2 Å². The molecule has 3 nitrogen and oxygen atoms in total. The summed E-state index contributed by atoms with van der Waals surface area (Å²) in [4.78, 5) is 0. The molecular weight excluding hydrogens is 369 g/mol. The highest BCUT2D eigenvalue weighted by Crippen LogP contribution is 2.36. The maximum atomic E-state index is 13.5. The van der Waals surface area contributed by atoms with Crippen molar-refractivity contribution in [1.29, 1.82) is 0 Å². The van der Waals surface area contributed by atoms with Crippen molar-refractivity contribution in [3.8, 4) is 22.6 Å². The van der Waals surface area contributed by atoms with Crippen LogP contribution in [0, 0.1) is 17.6 Å². The van der Waals surface area contributed by atoms with Gasteiger partial charge in [0.2, 0.25) is 0 Å². The third-order valence-electron chi connectivity index (χ3n) is 4.30. The molecule has 1 aliphatic rings. The molecule has 3 rings (SSSR count). The van der Waals surface area contributed by atoms with Gasteiger partial charge in [-0.15, -0.1) is 13.2 Å². The van der Waals surface area contributed by atoms with E-state index in [1.807, 2.05) is 0 Å². The lowest BCUT2D eigenvalue weighted by molar-refractivity contribution is -0.275. The molecule has 0 amide bonds. The second-order valence-electron chi connectivity index (χ2n) is 6.37. The van der Waals surface area contributed by atoms with Crippen molar-refractivity contribution in [3.05, 3.63) is 48.0 Å². The summed E-state index contributed by atoms with van der Waals surface area (Å²) in [7, 11) is 0. The Balaban J connectivity index is 1.87. The van der Waals surface area contributed by atoms with Crippen LogP contribution in [0.1, 0.15) is 12.8 Å². The van der Waals surface area contributed by atoms with Crippen LogP contribution in [0.4, 0.5) is 22.0 Å². The Morgan fingerprint density at radius 1 is 0.889 bits per heavy atom. The second-order valence-corrected chi connectivity index (χ2v) is 6.37. The molecule has 2 aromatic carbocycles. The fourth-order valence-electron chi connectivity index (χ4n) is 2.99. The van der Waals surface area contributed by atoms with E-state index in [1.165, 1.54) is 12.1 Å². The van der Waals surface area contributed by atoms with Crippen molar-refractivity contribution in [3.63, 3.8) is 0 Å². The summed E-state index contributed by atoms with van der Waals surface area (Å²) in [5.41, 5.74) is 0.515. The van der Waals surface area contributed by atoms with E-state index in [0.29, 0.717) is 5.56 Å². The van der Waals surface area contributed by atoms with Crippen LogP contribution in [0.25, 0.3) is 11.1 Å². The third-order valence-corrected chi connectivity index (χ3v) is 4.30. The first-order valence-electron chi connectivity index (χ1n) is 8.50. The summed E-state index contributed by atoms with van der Waals surface area (Å²) in [6.07, 6.45) is -3.17. The molecule has 1 aliphatic heterocycles. The molecule has 1 N–H and O–H groups in total. The van der Waals surface area contributed by atoms with E-state index in [2.05, 4.69) is 10.1 Å². The number of hydrogen-bond acceptors (Lipinski definition) is 3. The highest BCUT2D eigenvalue weighted by molar-refractivity contribution is 5.67. The Labute approximate surface area is 153 Å². The van der Waals surface area contributed by atoms with Crippen LogP contribution in [0.5, 0.6) is 11.5 Å². The van der Waals surface area contributed by atoms with Gasteiger partial charge in [0.05, 0.1) is 6.61 Å². The number of ether oxygens (including phenoxy) is 2. The van der Waals surface area contributed by atoms with Gasteiger partial charge >= 0.3 is 6.36 Å². The quantitative estimate of drug-likeness (QED) is 0.740. The van der Waals surface area contributed by atoms with E-state index < -0.39 is 23.7 Å². The minimum atomic E-state index is -4.88. The average Bonchev–Trinajstić information content (AvgIpc) is 2.59. The molecule has 0 radical (unpaired) electrons. The van der Waals surface area contributed by atoms with Gasteiger partial charge in [0.25, 0.3) is 0 Å². The maximum Gasteiger partial charge on any atom is 0.573 e. The SMILES string of the molecule is Fc1cc(F)cc(-c2ccc(OC(F)(F)F)c(OCC3CCNCC3)c2)c1. The van der Waals surface area contributed by atoms with Gasteiger partial charge < -0.3 is 14.8 Å². The first kappa shape index (κ1) is 19.4. The maximum absolute atomic E-state index is 13.5. The smallest absolute Gasteiger partial charge is 0.489 e. The van der Waals surface area contributed by atoms with E-state index in [0.717, 1.165) is 50.2 Å². The van der Waals surface area contributed by atoms with E-state index in [-0.39, 0.29) is 23.8 Å². The summed E-state index contributed by atoms with van der Waals surface area (Å²) >= 11 is 0. The zero-order chi connectivity index (χ0) is 19.4. The zero-order valence-corrected chi connectivity index (χ0v) is 14.3. The minimum Gasteiger partial charge on any atom is -0.489 e. The van der Waals surface area contributed by atoms with Crippen LogP contribution in [0.15, 0.2) is 36.4 Å². The van der Waals surface area contributed by atoms with Gasteiger partial charge in [-0.1, -0.05) is 6.07 Å². The lowest BCUT2D eigenvalue weighted by Crippen LogP contribution is -2.30. The molecule has 8 heteroatoms. The standard InChI is InChI=1S/C19H18F5NO2/c20-15-7-14(8-16(21)10-15)13-1-2-17(27-19(22,23)24)18(9-13)26-11-12-3-5-25-6-4-12/h1-2,7-10,12,25H,3-6,11H2. The molecule has 146 valence electrons. The predicted octanol–water partition coefficient (Wildman–Crippen LogP) is 4.91. The molecule has 0 aliphatic carbocycles. The Kier molecular flexibility index (Phi) is 5.84. The number of halogens is 5. The number of hydrogen-bond donors (Lipinski definition) is 1. The fraction of sp³-hybridized carbons (Fsp3) is 0.368. The third kappa shape index (κ3) is 5.56. The van der Waals surface area contributed by atoms with E-state index >= 15 is 0 Å². The molecule has 0 atom stereocenters. The molecule has 1 fully saturated rings. The largest absolute Gasteiger partial charge is 0.573 e. The molecule has 1 saturated heterocycles. The van der Waals surface area contributed by atoms with E-state index in [9.17, 15) is 22.0 Å². The summed E-state index contributed by atoms with van der Waals surface area (Å²) in [6, 6.07) is 6.60. The monoisotopic (exact) mass is 387 g/mol.